The minimum Gasteiger partial charge on any atom is -0.301 e. The standard InChI is InChI=1S/C24H17N3O/c28-24-15-26-22-8-1-2-9-23(22)27(24)16-17-5-3-6-18(13-17)19-10-11-21-20(14-19)7-4-12-25-21/h1-15H,16H2. The smallest absolute Gasteiger partial charge is 0.269 e. The molecule has 5 aromatic rings. The van der Waals surface area contributed by atoms with Crippen molar-refractivity contribution in [1.29, 1.82) is 0 Å². The van der Waals surface area contributed by atoms with Crippen LogP contribution in [0.1, 0.15) is 5.56 Å². The Morgan fingerprint density at radius 3 is 2.61 bits per heavy atom. The molecule has 0 spiro atoms. The van der Waals surface area contributed by atoms with Crippen LogP contribution in [0.3, 0.4) is 0 Å². The van der Waals surface area contributed by atoms with Crippen molar-refractivity contribution >= 4 is 21.9 Å². The minimum atomic E-state index is -0.0964. The van der Waals surface area contributed by atoms with Crippen LogP contribution in [-0.4, -0.2) is 14.5 Å². The van der Waals surface area contributed by atoms with Crippen molar-refractivity contribution in [3.8, 4) is 11.1 Å². The van der Waals surface area contributed by atoms with Gasteiger partial charge in [0.15, 0.2) is 0 Å². The quantitative estimate of drug-likeness (QED) is 0.468. The normalized spacial score (nSPS) is 11.1. The molecule has 4 heteroatoms. The van der Waals surface area contributed by atoms with Gasteiger partial charge in [-0.25, -0.2) is 4.98 Å². The van der Waals surface area contributed by atoms with Gasteiger partial charge in [-0.1, -0.05) is 42.5 Å². The lowest BCUT2D eigenvalue weighted by molar-refractivity contribution is 0.787. The molecule has 0 saturated heterocycles. The van der Waals surface area contributed by atoms with Crippen LogP contribution in [-0.2, 0) is 6.54 Å². The van der Waals surface area contributed by atoms with Gasteiger partial charge in [-0.2, -0.15) is 0 Å². The molecule has 0 aliphatic carbocycles. The molecule has 3 aromatic carbocycles. The van der Waals surface area contributed by atoms with Crippen molar-refractivity contribution in [3.63, 3.8) is 0 Å². The van der Waals surface area contributed by atoms with Gasteiger partial charge < -0.3 is 4.57 Å². The molecule has 0 fully saturated rings. The van der Waals surface area contributed by atoms with E-state index in [4.69, 9.17) is 0 Å². The molecule has 28 heavy (non-hydrogen) atoms. The summed E-state index contributed by atoms with van der Waals surface area (Å²) < 4.78 is 1.77. The largest absolute Gasteiger partial charge is 0.301 e. The zero-order valence-corrected chi connectivity index (χ0v) is 15.1. The Hall–Kier alpha value is -3.79. The van der Waals surface area contributed by atoms with Crippen molar-refractivity contribution < 1.29 is 0 Å². The van der Waals surface area contributed by atoms with E-state index in [0.29, 0.717) is 6.54 Å². The summed E-state index contributed by atoms with van der Waals surface area (Å²) in [4.78, 5) is 21.1. The summed E-state index contributed by atoms with van der Waals surface area (Å²) >= 11 is 0. The number of fused-ring (bicyclic) bond motifs is 2. The zero-order valence-electron chi connectivity index (χ0n) is 15.1. The lowest BCUT2D eigenvalue weighted by Gasteiger charge is -2.11. The monoisotopic (exact) mass is 363 g/mol. The van der Waals surface area contributed by atoms with Gasteiger partial charge >= 0.3 is 0 Å². The number of benzene rings is 3. The van der Waals surface area contributed by atoms with Crippen LogP contribution in [0.15, 0.2) is 96.1 Å². The fraction of sp³-hybridized carbons (Fsp3) is 0.0417. The second-order valence-corrected chi connectivity index (χ2v) is 6.78. The molecule has 0 aliphatic rings. The third-order valence-electron chi connectivity index (χ3n) is 4.96. The predicted molar refractivity (Wildman–Crippen MR) is 112 cm³/mol. The second kappa shape index (κ2) is 6.74. The molecule has 4 nitrogen and oxygen atoms in total. The van der Waals surface area contributed by atoms with Gasteiger partial charge in [0.2, 0.25) is 0 Å². The van der Waals surface area contributed by atoms with E-state index >= 15 is 0 Å². The summed E-state index contributed by atoms with van der Waals surface area (Å²) in [5.41, 5.74) is 5.88. The molecule has 0 aliphatic heterocycles. The Kier molecular flexibility index (Phi) is 3.95. The van der Waals surface area contributed by atoms with Gasteiger partial charge in [0.05, 0.1) is 29.3 Å². The van der Waals surface area contributed by atoms with Crippen molar-refractivity contribution in [2.75, 3.05) is 0 Å². The number of hydrogen-bond acceptors (Lipinski definition) is 3. The SMILES string of the molecule is O=c1cnc2ccccc2n1Cc1cccc(-c2ccc3ncccc3c2)c1. The highest BCUT2D eigenvalue weighted by atomic mass is 16.1. The van der Waals surface area contributed by atoms with Crippen LogP contribution >= 0.6 is 0 Å². The number of nitrogens with zero attached hydrogens (tertiary/aromatic N) is 3. The Bertz CT molecular complexity index is 1370. The number of pyridine rings is 1. The molecular formula is C24H17N3O. The van der Waals surface area contributed by atoms with Gasteiger partial charge in [-0.05, 0) is 53.1 Å². The minimum absolute atomic E-state index is 0.0964. The van der Waals surface area contributed by atoms with E-state index in [1.807, 2.05) is 48.5 Å². The highest BCUT2D eigenvalue weighted by Gasteiger charge is 2.06. The van der Waals surface area contributed by atoms with E-state index in [-0.39, 0.29) is 5.56 Å². The van der Waals surface area contributed by atoms with E-state index < -0.39 is 0 Å². The summed E-state index contributed by atoms with van der Waals surface area (Å²) in [6, 6.07) is 26.3. The van der Waals surface area contributed by atoms with Crippen molar-refractivity contribution in [2.45, 2.75) is 6.54 Å². The molecule has 5 rings (SSSR count). The molecule has 0 saturated carbocycles. The molecule has 0 atom stereocenters. The first kappa shape index (κ1) is 16.4. The number of rotatable bonds is 3. The lowest BCUT2D eigenvalue weighted by Crippen LogP contribution is -2.21. The van der Waals surface area contributed by atoms with E-state index in [0.717, 1.165) is 38.6 Å². The Morgan fingerprint density at radius 2 is 1.64 bits per heavy atom. The molecule has 0 unspecified atom stereocenters. The van der Waals surface area contributed by atoms with Crippen LogP contribution < -0.4 is 5.56 Å². The Labute approximate surface area is 161 Å². The first-order valence-corrected chi connectivity index (χ1v) is 9.17. The maximum absolute atomic E-state index is 12.4. The van der Waals surface area contributed by atoms with Crippen molar-refractivity contribution in [3.05, 3.63) is 107 Å². The topological polar surface area (TPSA) is 47.8 Å². The Morgan fingerprint density at radius 1 is 0.750 bits per heavy atom. The van der Waals surface area contributed by atoms with Gasteiger partial charge in [-0.15, -0.1) is 0 Å². The molecule has 2 aromatic heterocycles. The third-order valence-corrected chi connectivity index (χ3v) is 4.96. The van der Waals surface area contributed by atoms with Crippen LogP contribution in [0.4, 0.5) is 0 Å². The average Bonchev–Trinajstić information content (AvgIpc) is 2.76. The molecular weight excluding hydrogens is 346 g/mol. The van der Waals surface area contributed by atoms with Crippen molar-refractivity contribution in [2.24, 2.45) is 0 Å². The fourth-order valence-corrected chi connectivity index (χ4v) is 3.56. The average molecular weight is 363 g/mol. The molecule has 0 N–H and O–H groups in total. The summed E-state index contributed by atoms with van der Waals surface area (Å²) in [5.74, 6) is 0. The number of hydrogen-bond donors (Lipinski definition) is 0. The van der Waals surface area contributed by atoms with Gasteiger partial charge in [-0.3, -0.25) is 9.78 Å². The van der Waals surface area contributed by atoms with Crippen LogP contribution in [0.25, 0.3) is 33.1 Å². The van der Waals surface area contributed by atoms with E-state index in [9.17, 15) is 4.79 Å². The Balaban J connectivity index is 1.56. The predicted octanol–water partition coefficient (Wildman–Crippen LogP) is 4.66. The summed E-state index contributed by atoms with van der Waals surface area (Å²) in [7, 11) is 0. The van der Waals surface area contributed by atoms with Crippen LogP contribution in [0.5, 0.6) is 0 Å². The van der Waals surface area contributed by atoms with E-state index in [2.05, 4.69) is 40.3 Å². The van der Waals surface area contributed by atoms with E-state index in [1.165, 1.54) is 6.20 Å². The van der Waals surface area contributed by atoms with Gasteiger partial charge in [0, 0.05) is 11.6 Å². The first-order valence-electron chi connectivity index (χ1n) is 9.17. The molecule has 0 bridgehead atoms. The first-order chi connectivity index (χ1) is 13.8. The van der Waals surface area contributed by atoms with Crippen LogP contribution in [0, 0.1) is 0 Å². The summed E-state index contributed by atoms with van der Waals surface area (Å²) in [6.07, 6.45) is 3.20. The molecule has 2 heterocycles. The molecule has 0 radical (unpaired) electrons. The van der Waals surface area contributed by atoms with Gasteiger partial charge in [0.1, 0.15) is 0 Å². The van der Waals surface area contributed by atoms with E-state index in [1.54, 1.807) is 10.8 Å². The highest BCUT2D eigenvalue weighted by molar-refractivity contribution is 5.84. The highest BCUT2D eigenvalue weighted by Crippen LogP contribution is 2.24. The zero-order chi connectivity index (χ0) is 18.9. The fourth-order valence-electron chi connectivity index (χ4n) is 3.56. The molecule has 0 amide bonds. The summed E-state index contributed by atoms with van der Waals surface area (Å²) in [6.45, 7) is 0.505. The second-order valence-electron chi connectivity index (χ2n) is 6.78. The molecule has 134 valence electrons. The maximum atomic E-state index is 12.4. The van der Waals surface area contributed by atoms with Crippen molar-refractivity contribution in [1.82, 2.24) is 14.5 Å². The number of para-hydroxylation sites is 2. The van der Waals surface area contributed by atoms with Crippen LogP contribution in [0.2, 0.25) is 0 Å². The maximum Gasteiger partial charge on any atom is 0.269 e. The lowest BCUT2D eigenvalue weighted by atomic mass is 10.0. The van der Waals surface area contributed by atoms with Gasteiger partial charge in [0.25, 0.3) is 5.56 Å². The summed E-state index contributed by atoms with van der Waals surface area (Å²) in [5, 5.41) is 1.11. The third kappa shape index (κ3) is 2.95. The number of aromatic nitrogens is 3.